The van der Waals surface area contributed by atoms with Gasteiger partial charge in [0.25, 0.3) is 11.6 Å². The molecule has 0 radical (unpaired) electrons. The maximum atomic E-state index is 12.9. The first-order valence-corrected chi connectivity index (χ1v) is 9.58. The van der Waals surface area contributed by atoms with Gasteiger partial charge in [0.2, 0.25) is 5.91 Å². The monoisotopic (exact) mass is 419 g/mol. The SMILES string of the molecule is O=C(N[C@@H](Cc1ccccc1)C(=O)NCc1cc([N+](=O)[O-])ccc1O)c1ccccc1. The van der Waals surface area contributed by atoms with Gasteiger partial charge in [0, 0.05) is 36.2 Å². The Hall–Kier alpha value is -4.20. The van der Waals surface area contributed by atoms with Gasteiger partial charge >= 0.3 is 0 Å². The zero-order valence-electron chi connectivity index (χ0n) is 16.5. The van der Waals surface area contributed by atoms with Crippen molar-refractivity contribution in [2.75, 3.05) is 0 Å². The van der Waals surface area contributed by atoms with E-state index in [0.29, 0.717) is 5.56 Å². The van der Waals surface area contributed by atoms with Crippen LogP contribution >= 0.6 is 0 Å². The van der Waals surface area contributed by atoms with Gasteiger partial charge < -0.3 is 15.7 Å². The number of nitro groups is 1. The van der Waals surface area contributed by atoms with Gasteiger partial charge in [-0.3, -0.25) is 19.7 Å². The van der Waals surface area contributed by atoms with Crippen LogP contribution in [0.3, 0.4) is 0 Å². The molecule has 0 spiro atoms. The van der Waals surface area contributed by atoms with Crippen molar-refractivity contribution < 1.29 is 19.6 Å². The van der Waals surface area contributed by atoms with E-state index in [1.165, 1.54) is 18.2 Å². The Morgan fingerprint density at radius 1 is 0.968 bits per heavy atom. The molecular weight excluding hydrogens is 398 g/mol. The van der Waals surface area contributed by atoms with Gasteiger partial charge in [-0.15, -0.1) is 0 Å². The van der Waals surface area contributed by atoms with Crippen LogP contribution < -0.4 is 10.6 Å². The van der Waals surface area contributed by atoms with Gasteiger partial charge in [0.1, 0.15) is 11.8 Å². The third kappa shape index (κ3) is 5.89. The molecule has 8 nitrogen and oxygen atoms in total. The van der Waals surface area contributed by atoms with E-state index in [4.69, 9.17) is 0 Å². The summed E-state index contributed by atoms with van der Waals surface area (Å²) in [6.45, 7) is -0.126. The molecule has 3 N–H and O–H groups in total. The fourth-order valence-electron chi connectivity index (χ4n) is 3.02. The summed E-state index contributed by atoms with van der Waals surface area (Å²) in [5, 5.41) is 26.3. The molecule has 3 rings (SSSR count). The van der Waals surface area contributed by atoms with E-state index in [9.17, 15) is 24.8 Å². The van der Waals surface area contributed by atoms with E-state index in [2.05, 4.69) is 10.6 Å². The van der Waals surface area contributed by atoms with Crippen molar-refractivity contribution in [2.24, 2.45) is 0 Å². The predicted molar refractivity (Wildman–Crippen MR) is 114 cm³/mol. The van der Waals surface area contributed by atoms with E-state index >= 15 is 0 Å². The molecule has 2 amide bonds. The summed E-state index contributed by atoms with van der Waals surface area (Å²) in [5.74, 6) is -1.03. The van der Waals surface area contributed by atoms with Crippen molar-refractivity contribution in [1.29, 1.82) is 0 Å². The first-order chi connectivity index (χ1) is 14.9. The smallest absolute Gasteiger partial charge is 0.270 e. The molecule has 0 unspecified atom stereocenters. The summed E-state index contributed by atoms with van der Waals surface area (Å²) >= 11 is 0. The lowest BCUT2D eigenvalue weighted by molar-refractivity contribution is -0.384. The van der Waals surface area contributed by atoms with E-state index in [0.717, 1.165) is 5.56 Å². The third-order valence-electron chi connectivity index (χ3n) is 4.67. The molecule has 0 bridgehead atoms. The van der Waals surface area contributed by atoms with Crippen LogP contribution in [-0.2, 0) is 17.8 Å². The predicted octanol–water partition coefficient (Wildman–Crippen LogP) is 2.96. The molecule has 158 valence electrons. The van der Waals surface area contributed by atoms with Gasteiger partial charge in [0.05, 0.1) is 4.92 Å². The highest BCUT2D eigenvalue weighted by Gasteiger charge is 2.22. The number of carbonyl (C=O) groups excluding carboxylic acids is 2. The van der Waals surface area contributed by atoms with Crippen LogP contribution in [0.1, 0.15) is 21.5 Å². The summed E-state index contributed by atoms with van der Waals surface area (Å²) < 4.78 is 0. The molecule has 3 aromatic carbocycles. The molecule has 0 aliphatic rings. The second-order valence-corrected chi connectivity index (χ2v) is 6.87. The summed E-state index contributed by atoms with van der Waals surface area (Å²) in [5.41, 5.74) is 1.29. The number of hydrogen-bond donors (Lipinski definition) is 3. The lowest BCUT2D eigenvalue weighted by atomic mass is 10.0. The van der Waals surface area contributed by atoms with E-state index in [1.54, 1.807) is 30.3 Å². The topological polar surface area (TPSA) is 122 Å². The standard InChI is InChI=1S/C23H21N3O5/c27-21-12-11-19(26(30)31)14-18(21)15-24-23(29)20(13-16-7-3-1-4-8-16)25-22(28)17-9-5-2-6-10-17/h1-12,14,20,27H,13,15H2,(H,24,29)(H,25,28)/t20-/m0/s1. The first kappa shape index (κ1) is 21.5. The highest BCUT2D eigenvalue weighted by atomic mass is 16.6. The van der Waals surface area contributed by atoms with Crippen LogP contribution in [0.15, 0.2) is 78.9 Å². The maximum Gasteiger partial charge on any atom is 0.270 e. The molecular formula is C23H21N3O5. The molecule has 0 saturated heterocycles. The molecule has 8 heteroatoms. The number of non-ortho nitro benzene ring substituents is 1. The van der Waals surface area contributed by atoms with Crippen molar-refractivity contribution in [2.45, 2.75) is 19.0 Å². The number of nitrogens with one attached hydrogen (secondary N) is 2. The molecule has 1 atom stereocenters. The van der Waals surface area contributed by atoms with Gasteiger partial charge in [-0.2, -0.15) is 0 Å². The van der Waals surface area contributed by atoms with Crippen molar-refractivity contribution in [3.8, 4) is 5.75 Å². The van der Waals surface area contributed by atoms with Crippen LogP contribution in [0.25, 0.3) is 0 Å². The van der Waals surface area contributed by atoms with E-state index in [1.807, 2.05) is 30.3 Å². The van der Waals surface area contributed by atoms with Crippen molar-refractivity contribution in [1.82, 2.24) is 10.6 Å². The third-order valence-corrected chi connectivity index (χ3v) is 4.67. The van der Waals surface area contributed by atoms with Crippen molar-refractivity contribution in [3.63, 3.8) is 0 Å². The maximum absolute atomic E-state index is 12.9. The average Bonchev–Trinajstić information content (AvgIpc) is 2.79. The van der Waals surface area contributed by atoms with Crippen LogP contribution in [0, 0.1) is 10.1 Å². The first-order valence-electron chi connectivity index (χ1n) is 9.58. The summed E-state index contributed by atoms with van der Waals surface area (Å²) in [4.78, 5) is 35.8. The lowest BCUT2D eigenvalue weighted by Gasteiger charge is -2.19. The number of phenols is 1. The van der Waals surface area contributed by atoms with E-state index in [-0.39, 0.29) is 30.0 Å². The Balaban J connectivity index is 1.75. The van der Waals surface area contributed by atoms with Crippen LogP contribution in [0.2, 0.25) is 0 Å². The normalized spacial score (nSPS) is 11.4. The summed E-state index contributed by atoms with van der Waals surface area (Å²) in [7, 11) is 0. The Bertz CT molecular complexity index is 1070. The Labute approximate surface area is 178 Å². The van der Waals surface area contributed by atoms with Crippen LogP contribution in [-0.4, -0.2) is 27.9 Å². The minimum absolute atomic E-state index is 0.126. The number of aromatic hydroxyl groups is 1. The Kier molecular flexibility index (Phi) is 6.95. The van der Waals surface area contributed by atoms with Crippen molar-refractivity contribution >= 4 is 17.5 Å². The zero-order chi connectivity index (χ0) is 22.2. The Morgan fingerprint density at radius 2 is 1.61 bits per heavy atom. The molecule has 0 fully saturated rings. The quantitative estimate of drug-likeness (QED) is 0.383. The van der Waals surface area contributed by atoms with Crippen LogP contribution in [0.5, 0.6) is 5.75 Å². The molecule has 0 heterocycles. The number of nitro benzene ring substituents is 1. The fourth-order valence-corrected chi connectivity index (χ4v) is 3.02. The Morgan fingerprint density at radius 3 is 2.26 bits per heavy atom. The lowest BCUT2D eigenvalue weighted by Crippen LogP contribution is -2.47. The largest absolute Gasteiger partial charge is 0.508 e. The summed E-state index contributed by atoms with van der Waals surface area (Å²) in [6.07, 6.45) is 0.256. The zero-order valence-corrected chi connectivity index (χ0v) is 16.5. The van der Waals surface area contributed by atoms with Gasteiger partial charge in [-0.05, 0) is 23.8 Å². The molecule has 0 aromatic heterocycles. The fraction of sp³-hybridized carbons (Fsp3) is 0.130. The average molecular weight is 419 g/mol. The number of rotatable bonds is 8. The summed E-state index contributed by atoms with van der Waals surface area (Å²) in [6, 6.07) is 20.5. The second-order valence-electron chi connectivity index (χ2n) is 6.87. The number of phenolic OH excluding ortho intramolecular Hbond substituents is 1. The van der Waals surface area contributed by atoms with E-state index < -0.39 is 22.8 Å². The number of nitrogens with zero attached hydrogens (tertiary/aromatic N) is 1. The minimum atomic E-state index is -0.879. The molecule has 3 aromatic rings. The number of carbonyl (C=O) groups is 2. The molecule has 0 saturated carbocycles. The highest BCUT2D eigenvalue weighted by molar-refractivity contribution is 5.97. The molecule has 31 heavy (non-hydrogen) atoms. The van der Waals surface area contributed by atoms with Crippen molar-refractivity contribution in [3.05, 3.63) is 106 Å². The van der Waals surface area contributed by atoms with Gasteiger partial charge in [-0.25, -0.2) is 0 Å². The second kappa shape index (κ2) is 10.0. The molecule has 0 aliphatic carbocycles. The number of amides is 2. The molecule has 0 aliphatic heterocycles. The highest BCUT2D eigenvalue weighted by Crippen LogP contribution is 2.22. The number of benzene rings is 3. The number of hydrogen-bond acceptors (Lipinski definition) is 5. The van der Waals surface area contributed by atoms with Crippen LogP contribution in [0.4, 0.5) is 5.69 Å². The van der Waals surface area contributed by atoms with Gasteiger partial charge in [0.15, 0.2) is 0 Å². The minimum Gasteiger partial charge on any atom is -0.508 e. The van der Waals surface area contributed by atoms with Gasteiger partial charge in [-0.1, -0.05) is 48.5 Å².